The topological polar surface area (TPSA) is 117 Å². The molecule has 0 saturated carbocycles. The van der Waals surface area contributed by atoms with E-state index in [-0.39, 0.29) is 24.8 Å². The van der Waals surface area contributed by atoms with Gasteiger partial charge in [-0.15, -0.1) is 0 Å². The number of carbonyl (C=O) groups excluding carboxylic acids is 4. The van der Waals surface area contributed by atoms with Crippen molar-refractivity contribution in [1.29, 1.82) is 0 Å². The summed E-state index contributed by atoms with van der Waals surface area (Å²) in [6.45, 7) is 7.40. The maximum atomic E-state index is 15.0. The van der Waals surface area contributed by atoms with Gasteiger partial charge in [0, 0.05) is 25.6 Å². The van der Waals surface area contributed by atoms with Crippen molar-refractivity contribution in [1.82, 2.24) is 14.7 Å². The number of nitrogens with zero attached hydrogens (tertiary/aromatic N) is 3. The number of rotatable bonds is 4. The molecule has 4 aliphatic rings. The summed E-state index contributed by atoms with van der Waals surface area (Å²) in [6.07, 6.45) is 6.36. The van der Waals surface area contributed by atoms with Crippen molar-refractivity contribution in [2.24, 2.45) is 11.8 Å². The van der Waals surface area contributed by atoms with Crippen LogP contribution in [0.25, 0.3) is 0 Å². The van der Waals surface area contributed by atoms with Gasteiger partial charge >= 0.3 is 5.97 Å². The third-order valence-electron chi connectivity index (χ3n) is 10.4. The fraction of sp³-hybridized carbons (Fsp3) is 0.474. The Morgan fingerprint density at radius 2 is 1.62 bits per heavy atom. The van der Waals surface area contributed by atoms with Gasteiger partial charge in [0.1, 0.15) is 23.7 Å². The minimum absolute atomic E-state index is 0.108. The van der Waals surface area contributed by atoms with Crippen LogP contribution >= 0.6 is 0 Å². The van der Waals surface area contributed by atoms with Crippen LogP contribution in [0, 0.1) is 11.8 Å². The number of cyclic esters (lactones) is 1. The van der Waals surface area contributed by atoms with E-state index in [0.717, 1.165) is 0 Å². The van der Waals surface area contributed by atoms with Crippen LogP contribution in [0.2, 0.25) is 0 Å². The van der Waals surface area contributed by atoms with E-state index in [0.29, 0.717) is 17.5 Å². The molecule has 2 fully saturated rings. The Kier molecular flexibility index (Phi) is 9.08. The Balaban J connectivity index is 1.50. The number of aliphatic hydroxyl groups is 1. The molecule has 6 rings (SSSR count). The van der Waals surface area contributed by atoms with Crippen molar-refractivity contribution < 1.29 is 33.8 Å². The van der Waals surface area contributed by atoms with Crippen molar-refractivity contribution in [3.8, 4) is 0 Å². The second-order valence-electron chi connectivity index (χ2n) is 14.2. The zero-order valence-electron chi connectivity index (χ0n) is 28.2. The molecule has 3 amide bonds. The normalized spacial score (nSPS) is 32.4. The fourth-order valence-electron chi connectivity index (χ4n) is 7.77. The minimum atomic E-state index is -1.45. The van der Waals surface area contributed by atoms with Crippen molar-refractivity contribution in [2.45, 2.75) is 82.0 Å². The second kappa shape index (κ2) is 13.0. The van der Waals surface area contributed by atoms with E-state index < -0.39 is 71.8 Å². The lowest BCUT2D eigenvalue weighted by Gasteiger charge is -2.43. The molecule has 10 heteroatoms. The highest BCUT2D eigenvalue weighted by molar-refractivity contribution is 5.99. The fourth-order valence-corrected chi connectivity index (χ4v) is 7.77. The Morgan fingerprint density at radius 3 is 2.27 bits per heavy atom. The number of hydrogen-bond acceptors (Lipinski definition) is 7. The molecule has 0 unspecified atom stereocenters. The van der Waals surface area contributed by atoms with Crippen LogP contribution < -0.4 is 0 Å². The average molecular weight is 656 g/mol. The molecule has 10 nitrogen and oxygen atoms in total. The smallest absolute Gasteiger partial charge is 0.313 e. The molecule has 0 aromatic heterocycles. The number of carbonyl (C=O) groups is 4. The number of likely N-dealkylation sites (tertiary alicyclic amines) is 1. The van der Waals surface area contributed by atoms with E-state index in [2.05, 4.69) is 0 Å². The van der Waals surface area contributed by atoms with Crippen LogP contribution in [0.3, 0.4) is 0 Å². The molecular weight excluding hydrogens is 610 g/mol. The van der Waals surface area contributed by atoms with Gasteiger partial charge < -0.3 is 29.3 Å². The van der Waals surface area contributed by atoms with E-state index in [1.54, 1.807) is 29.0 Å². The number of allylic oxidation sites excluding steroid dienone is 1. The number of amides is 3. The van der Waals surface area contributed by atoms with E-state index in [1.165, 1.54) is 4.90 Å². The molecule has 8 atom stereocenters. The van der Waals surface area contributed by atoms with Gasteiger partial charge in [-0.3, -0.25) is 19.2 Å². The Hall–Kier alpha value is -4.28. The summed E-state index contributed by atoms with van der Waals surface area (Å²) in [5.74, 6) is -3.66. The SMILES string of the molecule is C[C@H]1[C@H](c2ccccc2)OC(=O)[C@@H]2[C@H]3C(=O)N([C@H](CO)c4ccccc4)[C@H](C(=O)N(C(C)(C)C)C/C=C\CCC(=O)N1C)[C@]31C=C[C@H]2O1. The second-order valence-corrected chi connectivity index (χ2v) is 14.2. The first-order valence-corrected chi connectivity index (χ1v) is 16.7. The van der Waals surface area contributed by atoms with Crippen molar-refractivity contribution in [2.75, 3.05) is 20.2 Å². The predicted octanol–water partition coefficient (Wildman–Crippen LogP) is 3.98. The molecule has 1 N–H and O–H groups in total. The van der Waals surface area contributed by atoms with Crippen LogP contribution in [0.4, 0.5) is 0 Å². The van der Waals surface area contributed by atoms with Gasteiger partial charge in [0.2, 0.25) is 17.7 Å². The van der Waals surface area contributed by atoms with Gasteiger partial charge in [-0.1, -0.05) is 85.0 Å². The highest BCUT2D eigenvalue weighted by atomic mass is 16.6. The zero-order valence-corrected chi connectivity index (χ0v) is 28.2. The molecule has 4 heterocycles. The lowest BCUT2D eigenvalue weighted by molar-refractivity contribution is -0.164. The summed E-state index contributed by atoms with van der Waals surface area (Å²) in [5, 5.41) is 10.8. The van der Waals surface area contributed by atoms with E-state index in [4.69, 9.17) is 9.47 Å². The quantitative estimate of drug-likeness (QED) is 0.392. The first-order chi connectivity index (χ1) is 22.9. The number of fused-ring (bicyclic) bond motifs is 2. The molecule has 0 aliphatic carbocycles. The van der Waals surface area contributed by atoms with Crippen molar-refractivity contribution >= 4 is 23.7 Å². The van der Waals surface area contributed by atoms with Crippen LogP contribution in [0.15, 0.2) is 85.0 Å². The van der Waals surface area contributed by atoms with Gasteiger partial charge in [0.25, 0.3) is 0 Å². The summed E-state index contributed by atoms with van der Waals surface area (Å²) in [7, 11) is 1.70. The molecule has 5 bridgehead atoms. The molecule has 4 aliphatic heterocycles. The Morgan fingerprint density at radius 1 is 0.958 bits per heavy atom. The van der Waals surface area contributed by atoms with Gasteiger partial charge in [-0.2, -0.15) is 0 Å². The monoisotopic (exact) mass is 655 g/mol. The van der Waals surface area contributed by atoms with E-state index >= 15 is 0 Å². The molecule has 1 spiro atoms. The van der Waals surface area contributed by atoms with Crippen molar-refractivity contribution in [3.05, 3.63) is 96.1 Å². The number of aliphatic hydroxyl groups excluding tert-OH is 1. The third-order valence-corrected chi connectivity index (χ3v) is 10.4. The number of esters is 1. The largest absolute Gasteiger partial charge is 0.455 e. The lowest BCUT2D eigenvalue weighted by Crippen LogP contribution is -2.60. The first-order valence-electron chi connectivity index (χ1n) is 16.7. The number of likely N-dealkylation sites (N-methyl/N-ethyl adjacent to an activating group) is 1. The number of ether oxygens (including phenoxy) is 2. The van der Waals surface area contributed by atoms with Gasteiger partial charge in [-0.05, 0) is 45.2 Å². The van der Waals surface area contributed by atoms with Crippen LogP contribution in [-0.4, -0.2) is 93.0 Å². The maximum absolute atomic E-state index is 15.0. The lowest BCUT2D eigenvalue weighted by atomic mass is 9.74. The van der Waals surface area contributed by atoms with Crippen molar-refractivity contribution in [3.63, 3.8) is 0 Å². The van der Waals surface area contributed by atoms with Crippen LogP contribution in [0.1, 0.15) is 63.8 Å². The van der Waals surface area contributed by atoms with E-state index in [9.17, 15) is 24.3 Å². The number of hydrogen-bond donors (Lipinski definition) is 1. The molecule has 2 aromatic carbocycles. The van der Waals surface area contributed by atoms with E-state index in [1.807, 2.05) is 101 Å². The molecule has 2 saturated heterocycles. The molecular formula is C38H45N3O7. The third kappa shape index (κ3) is 5.64. The summed E-state index contributed by atoms with van der Waals surface area (Å²) >= 11 is 0. The first kappa shape index (κ1) is 33.6. The zero-order chi connectivity index (χ0) is 34.4. The van der Waals surface area contributed by atoms with Crippen LogP contribution in [-0.2, 0) is 28.7 Å². The highest BCUT2D eigenvalue weighted by Crippen LogP contribution is 2.57. The molecule has 2 aromatic rings. The summed E-state index contributed by atoms with van der Waals surface area (Å²) in [5.41, 5.74) is -0.743. The molecule has 0 radical (unpaired) electrons. The Labute approximate surface area is 282 Å². The summed E-state index contributed by atoms with van der Waals surface area (Å²) in [4.78, 5) is 62.2. The maximum Gasteiger partial charge on any atom is 0.313 e. The molecule has 254 valence electrons. The highest BCUT2D eigenvalue weighted by Gasteiger charge is 2.74. The van der Waals surface area contributed by atoms with Gasteiger partial charge in [0.05, 0.1) is 30.7 Å². The Bertz CT molecular complexity index is 1600. The van der Waals surface area contributed by atoms with Gasteiger partial charge in [-0.25, -0.2) is 0 Å². The minimum Gasteiger partial charge on any atom is -0.455 e. The number of benzene rings is 2. The summed E-state index contributed by atoms with van der Waals surface area (Å²) in [6, 6.07) is 15.8. The van der Waals surface area contributed by atoms with Gasteiger partial charge in [0.15, 0.2) is 0 Å². The summed E-state index contributed by atoms with van der Waals surface area (Å²) < 4.78 is 12.9. The standard InChI is InChI=1S/C38H45N3O7/c1-24-32(26-17-11-7-12-18-26)47-36(46)30-28-20-21-38(48-28)31(30)34(44)41(27(23-42)25-15-9-6-10-16-25)33(38)35(45)40(37(2,3)4)22-14-8-13-19-29(43)39(24)5/h6-12,14-18,20-21,24,27-28,30-33,42H,13,19,22-23H2,1-5H3/b14-8-/t24-,27+,28+,30-,31-,32+,33+,38-/m0/s1. The van der Waals surface area contributed by atoms with Crippen LogP contribution in [0.5, 0.6) is 0 Å². The average Bonchev–Trinajstić information content (AvgIpc) is 3.72. The molecule has 48 heavy (non-hydrogen) atoms. The predicted molar refractivity (Wildman–Crippen MR) is 178 cm³/mol.